The molecule has 0 saturated carbocycles. The van der Waals surface area contributed by atoms with Gasteiger partial charge in [-0.1, -0.05) is 29.4 Å². The summed E-state index contributed by atoms with van der Waals surface area (Å²) in [5.41, 5.74) is 1.24. The summed E-state index contributed by atoms with van der Waals surface area (Å²) in [6.45, 7) is 6.26. The van der Waals surface area contributed by atoms with Crippen molar-refractivity contribution in [1.82, 2.24) is 15.5 Å². The van der Waals surface area contributed by atoms with E-state index < -0.39 is 5.60 Å². The van der Waals surface area contributed by atoms with Crippen LogP contribution in [0.5, 0.6) is 0 Å². The lowest BCUT2D eigenvalue weighted by Gasteiger charge is -2.23. The molecule has 1 fully saturated rings. The van der Waals surface area contributed by atoms with E-state index in [0.29, 0.717) is 18.3 Å². The molecule has 6 heteroatoms. The highest BCUT2D eigenvalue weighted by Gasteiger charge is 2.38. The molecule has 1 amide bonds. The molecule has 0 radical (unpaired) electrons. The molecule has 0 spiro atoms. The van der Waals surface area contributed by atoms with Crippen LogP contribution < -0.4 is 5.32 Å². The van der Waals surface area contributed by atoms with E-state index in [2.05, 4.69) is 15.5 Å². The molecule has 1 aliphatic rings. The topological polar surface area (TPSA) is 77.2 Å². The fourth-order valence-corrected chi connectivity index (χ4v) is 2.71. The summed E-state index contributed by atoms with van der Waals surface area (Å²) in [6.07, 6.45) is 1.63. The Kier molecular flexibility index (Phi) is 4.17. The fourth-order valence-electron chi connectivity index (χ4n) is 2.71. The molecule has 1 aromatic heterocycles. The number of aromatic nitrogens is 2. The maximum absolute atomic E-state index is 12.4. The van der Waals surface area contributed by atoms with Gasteiger partial charge in [-0.15, -0.1) is 0 Å². The van der Waals surface area contributed by atoms with Gasteiger partial charge in [0.15, 0.2) is 0 Å². The van der Waals surface area contributed by atoms with Crippen molar-refractivity contribution in [3.8, 4) is 11.4 Å². The zero-order valence-electron chi connectivity index (χ0n) is 13.6. The third-order valence-electron chi connectivity index (χ3n) is 4.24. The van der Waals surface area contributed by atoms with Crippen LogP contribution in [-0.2, 0) is 9.53 Å². The third kappa shape index (κ3) is 3.12. The fraction of sp³-hybridized carbons (Fsp3) is 0.471. The molecule has 2 unspecified atom stereocenters. The van der Waals surface area contributed by atoms with Crippen molar-refractivity contribution in [1.29, 1.82) is 0 Å². The van der Waals surface area contributed by atoms with Crippen molar-refractivity contribution in [2.45, 2.75) is 45.3 Å². The largest absolute Gasteiger partial charge is 0.365 e. The smallest absolute Gasteiger partial charge is 0.252 e. The minimum atomic E-state index is -0.757. The summed E-state index contributed by atoms with van der Waals surface area (Å²) in [5.74, 6) is 0.777. The predicted molar refractivity (Wildman–Crippen MR) is 84.6 cm³/mol. The Balaban J connectivity index is 1.73. The molecule has 1 aromatic carbocycles. The van der Waals surface area contributed by atoms with Crippen LogP contribution >= 0.6 is 0 Å². The molecule has 1 aliphatic heterocycles. The number of nitrogens with one attached hydrogen (secondary N) is 1. The average molecular weight is 315 g/mol. The number of nitrogens with zero attached hydrogens (tertiary/aromatic N) is 2. The van der Waals surface area contributed by atoms with Gasteiger partial charge < -0.3 is 14.6 Å². The maximum atomic E-state index is 12.4. The average Bonchev–Trinajstić information content (AvgIpc) is 3.17. The van der Waals surface area contributed by atoms with Gasteiger partial charge in [0.2, 0.25) is 11.7 Å². The Morgan fingerprint density at radius 2 is 2.17 bits per heavy atom. The summed E-state index contributed by atoms with van der Waals surface area (Å²) in [6, 6.07) is 7.47. The second kappa shape index (κ2) is 6.12. The summed E-state index contributed by atoms with van der Waals surface area (Å²) in [4.78, 5) is 16.8. The van der Waals surface area contributed by atoms with Crippen molar-refractivity contribution in [2.75, 3.05) is 6.61 Å². The van der Waals surface area contributed by atoms with Crippen molar-refractivity contribution in [2.24, 2.45) is 0 Å². The van der Waals surface area contributed by atoms with E-state index in [4.69, 9.17) is 9.26 Å². The standard InChI is InChI=1S/C17H21N3O3/c1-11-7-4-5-8-13(11)14-19-15(23-20-14)12(2)18-16(21)17(3)9-6-10-22-17/h4-5,7-8,12H,6,9-10H2,1-3H3,(H,18,21). The Morgan fingerprint density at radius 1 is 1.39 bits per heavy atom. The second-order valence-corrected chi connectivity index (χ2v) is 6.15. The van der Waals surface area contributed by atoms with Gasteiger partial charge in [-0.25, -0.2) is 0 Å². The van der Waals surface area contributed by atoms with Gasteiger partial charge in [0.25, 0.3) is 5.91 Å². The first-order valence-corrected chi connectivity index (χ1v) is 7.84. The quantitative estimate of drug-likeness (QED) is 0.938. The van der Waals surface area contributed by atoms with Gasteiger partial charge in [0.05, 0.1) is 0 Å². The summed E-state index contributed by atoms with van der Waals surface area (Å²) in [7, 11) is 0. The number of aryl methyl sites for hydroxylation is 1. The van der Waals surface area contributed by atoms with Gasteiger partial charge in [0.1, 0.15) is 11.6 Å². The summed E-state index contributed by atoms with van der Waals surface area (Å²) < 4.78 is 10.9. The minimum absolute atomic E-state index is 0.141. The van der Waals surface area contributed by atoms with E-state index in [1.54, 1.807) is 0 Å². The lowest BCUT2D eigenvalue weighted by Crippen LogP contribution is -2.44. The van der Waals surface area contributed by atoms with Gasteiger partial charge in [-0.05, 0) is 39.2 Å². The first-order chi connectivity index (χ1) is 11.0. The normalized spacial score (nSPS) is 22.0. The van der Waals surface area contributed by atoms with Crippen LogP contribution in [0.15, 0.2) is 28.8 Å². The lowest BCUT2D eigenvalue weighted by molar-refractivity contribution is -0.140. The maximum Gasteiger partial charge on any atom is 0.252 e. The van der Waals surface area contributed by atoms with Crippen LogP contribution in [-0.4, -0.2) is 28.3 Å². The number of rotatable bonds is 4. The molecule has 2 atom stereocenters. The van der Waals surface area contributed by atoms with Gasteiger partial charge >= 0.3 is 0 Å². The molecule has 2 aromatic rings. The Bertz CT molecular complexity index is 705. The van der Waals surface area contributed by atoms with Gasteiger partial charge in [-0.3, -0.25) is 4.79 Å². The number of ether oxygens (including phenoxy) is 1. The van der Waals surface area contributed by atoms with Crippen LogP contribution in [0.2, 0.25) is 0 Å². The van der Waals surface area contributed by atoms with Crippen LogP contribution in [0, 0.1) is 6.92 Å². The molecular weight excluding hydrogens is 294 g/mol. The van der Waals surface area contributed by atoms with Crippen LogP contribution in [0.4, 0.5) is 0 Å². The Labute approximate surface area is 135 Å². The highest BCUT2D eigenvalue weighted by molar-refractivity contribution is 5.85. The highest BCUT2D eigenvalue weighted by atomic mass is 16.5. The number of hydrogen-bond acceptors (Lipinski definition) is 5. The molecule has 0 aliphatic carbocycles. The van der Waals surface area contributed by atoms with Crippen molar-refractivity contribution >= 4 is 5.91 Å². The Morgan fingerprint density at radius 3 is 2.87 bits per heavy atom. The van der Waals surface area contributed by atoms with Gasteiger partial charge in [-0.2, -0.15) is 4.98 Å². The van der Waals surface area contributed by atoms with Crippen molar-refractivity contribution in [3.63, 3.8) is 0 Å². The van der Waals surface area contributed by atoms with E-state index in [-0.39, 0.29) is 11.9 Å². The molecule has 23 heavy (non-hydrogen) atoms. The molecule has 0 bridgehead atoms. The van der Waals surface area contributed by atoms with Crippen LogP contribution in [0.3, 0.4) is 0 Å². The molecule has 2 heterocycles. The summed E-state index contributed by atoms with van der Waals surface area (Å²) >= 11 is 0. The zero-order valence-corrected chi connectivity index (χ0v) is 13.6. The molecule has 1 N–H and O–H groups in total. The zero-order chi connectivity index (χ0) is 16.4. The number of carbonyl (C=O) groups excluding carboxylic acids is 1. The van der Waals surface area contributed by atoms with E-state index in [1.165, 1.54) is 0 Å². The predicted octanol–water partition coefficient (Wildman–Crippen LogP) is 2.79. The van der Waals surface area contributed by atoms with Crippen LogP contribution in [0.1, 0.15) is 44.2 Å². The van der Waals surface area contributed by atoms with Crippen molar-refractivity contribution < 1.29 is 14.1 Å². The summed E-state index contributed by atoms with van der Waals surface area (Å²) in [5, 5.41) is 6.92. The number of benzene rings is 1. The van der Waals surface area contributed by atoms with Gasteiger partial charge in [0, 0.05) is 12.2 Å². The molecule has 122 valence electrons. The molecule has 3 rings (SSSR count). The number of amides is 1. The van der Waals surface area contributed by atoms with E-state index in [9.17, 15) is 4.79 Å². The second-order valence-electron chi connectivity index (χ2n) is 6.15. The minimum Gasteiger partial charge on any atom is -0.365 e. The third-order valence-corrected chi connectivity index (χ3v) is 4.24. The highest BCUT2D eigenvalue weighted by Crippen LogP contribution is 2.27. The number of hydrogen-bond donors (Lipinski definition) is 1. The number of carbonyl (C=O) groups is 1. The SMILES string of the molecule is Cc1ccccc1-c1noc(C(C)NC(=O)C2(C)CCCO2)n1. The van der Waals surface area contributed by atoms with E-state index in [0.717, 1.165) is 24.0 Å². The molecular formula is C17H21N3O3. The van der Waals surface area contributed by atoms with Crippen molar-refractivity contribution in [3.05, 3.63) is 35.7 Å². The first kappa shape index (κ1) is 15.7. The van der Waals surface area contributed by atoms with E-state index in [1.807, 2.05) is 45.0 Å². The van der Waals surface area contributed by atoms with Crippen LogP contribution in [0.25, 0.3) is 11.4 Å². The lowest BCUT2D eigenvalue weighted by atomic mass is 10.0. The first-order valence-electron chi connectivity index (χ1n) is 7.84. The van der Waals surface area contributed by atoms with E-state index >= 15 is 0 Å². The monoisotopic (exact) mass is 315 g/mol. The molecule has 6 nitrogen and oxygen atoms in total. The molecule has 1 saturated heterocycles. The Hall–Kier alpha value is -2.21.